The molecule has 0 amide bonds. The minimum Gasteiger partial charge on any atom is -0.369 e. The Balaban J connectivity index is 2.08. The van der Waals surface area contributed by atoms with Crippen molar-refractivity contribution >= 4 is 16.6 Å². The first kappa shape index (κ1) is 13.2. The van der Waals surface area contributed by atoms with Gasteiger partial charge in [-0.2, -0.15) is 0 Å². The van der Waals surface area contributed by atoms with Gasteiger partial charge in [-0.3, -0.25) is 4.79 Å². The molecule has 3 rings (SSSR count). The van der Waals surface area contributed by atoms with E-state index in [0.29, 0.717) is 0 Å². The number of nitrogens with one attached hydrogen (secondary N) is 1. The molecule has 0 saturated carbocycles. The van der Waals surface area contributed by atoms with Gasteiger partial charge in [-0.05, 0) is 38.1 Å². The summed E-state index contributed by atoms with van der Waals surface area (Å²) in [7, 11) is 0. The first-order valence-corrected chi connectivity index (χ1v) is 7.28. The predicted octanol–water partition coefficient (Wildman–Crippen LogP) is 1.99. The molecule has 106 valence electrons. The number of piperazine rings is 1. The predicted molar refractivity (Wildman–Crippen MR) is 83.7 cm³/mol. The third kappa shape index (κ3) is 2.31. The van der Waals surface area contributed by atoms with Crippen LogP contribution in [-0.4, -0.2) is 30.7 Å². The number of nitrogens with zero attached hydrogens (tertiary/aromatic N) is 2. The van der Waals surface area contributed by atoms with Crippen LogP contribution < -0.4 is 15.8 Å². The molecule has 1 fully saturated rings. The van der Waals surface area contributed by atoms with Crippen LogP contribution in [0.15, 0.2) is 35.1 Å². The summed E-state index contributed by atoms with van der Waals surface area (Å²) in [5, 5.41) is 4.50. The van der Waals surface area contributed by atoms with Crippen LogP contribution in [0.1, 0.15) is 19.9 Å². The van der Waals surface area contributed by atoms with Gasteiger partial charge in [-0.15, -0.1) is 0 Å². The summed E-state index contributed by atoms with van der Waals surface area (Å²) in [4.78, 5) is 14.4. The second kappa shape index (κ2) is 5.29. The van der Waals surface area contributed by atoms with Gasteiger partial charge in [0.1, 0.15) is 0 Å². The maximum atomic E-state index is 12.0. The highest BCUT2D eigenvalue weighted by molar-refractivity contribution is 5.83. The Hall–Kier alpha value is -1.81. The van der Waals surface area contributed by atoms with Crippen molar-refractivity contribution in [1.29, 1.82) is 0 Å². The summed E-state index contributed by atoms with van der Waals surface area (Å²) in [6, 6.07) is 10.2. The Kier molecular flexibility index (Phi) is 3.49. The molecule has 0 spiro atoms. The third-order valence-corrected chi connectivity index (χ3v) is 3.91. The average Bonchev–Trinajstić information content (AvgIpc) is 2.47. The Bertz CT molecular complexity index is 669. The molecule has 2 aromatic rings. The summed E-state index contributed by atoms with van der Waals surface area (Å²) in [5.41, 5.74) is 2.33. The van der Waals surface area contributed by atoms with Gasteiger partial charge in [0.25, 0.3) is 5.56 Å². The summed E-state index contributed by atoms with van der Waals surface area (Å²) >= 11 is 0. The van der Waals surface area contributed by atoms with Crippen LogP contribution in [0.3, 0.4) is 0 Å². The number of hydrogen-bond donors (Lipinski definition) is 1. The third-order valence-electron chi connectivity index (χ3n) is 3.91. The number of hydrogen-bond acceptors (Lipinski definition) is 3. The van der Waals surface area contributed by atoms with Crippen molar-refractivity contribution in [2.24, 2.45) is 0 Å². The van der Waals surface area contributed by atoms with Crippen molar-refractivity contribution in [3.05, 3.63) is 40.7 Å². The van der Waals surface area contributed by atoms with Gasteiger partial charge in [0.15, 0.2) is 0 Å². The molecule has 1 aliphatic heterocycles. The molecule has 1 aromatic heterocycles. The Morgan fingerprint density at radius 3 is 2.55 bits per heavy atom. The molecule has 0 radical (unpaired) electrons. The van der Waals surface area contributed by atoms with Gasteiger partial charge >= 0.3 is 0 Å². The molecule has 1 saturated heterocycles. The monoisotopic (exact) mass is 271 g/mol. The van der Waals surface area contributed by atoms with Crippen LogP contribution >= 0.6 is 0 Å². The molecule has 4 nitrogen and oxygen atoms in total. The number of anilines is 1. The van der Waals surface area contributed by atoms with Gasteiger partial charge < -0.3 is 14.8 Å². The highest BCUT2D eigenvalue weighted by atomic mass is 16.1. The van der Waals surface area contributed by atoms with E-state index in [2.05, 4.69) is 28.4 Å². The fourth-order valence-electron chi connectivity index (χ4n) is 2.91. The molecule has 1 N–H and O–H groups in total. The van der Waals surface area contributed by atoms with Gasteiger partial charge in [0.2, 0.25) is 0 Å². The topological polar surface area (TPSA) is 37.3 Å². The molecule has 0 atom stereocenters. The molecular formula is C16H21N3O. The molecule has 0 bridgehead atoms. The lowest BCUT2D eigenvalue weighted by Crippen LogP contribution is -2.43. The van der Waals surface area contributed by atoms with E-state index >= 15 is 0 Å². The van der Waals surface area contributed by atoms with Gasteiger partial charge in [0, 0.05) is 49.4 Å². The molecule has 1 aliphatic rings. The number of benzene rings is 1. The number of pyridine rings is 1. The summed E-state index contributed by atoms with van der Waals surface area (Å²) in [5.74, 6) is 0. The van der Waals surface area contributed by atoms with Gasteiger partial charge in [0.05, 0.1) is 5.52 Å². The molecule has 2 heterocycles. The van der Waals surface area contributed by atoms with E-state index in [0.717, 1.165) is 37.1 Å². The molecule has 20 heavy (non-hydrogen) atoms. The van der Waals surface area contributed by atoms with Crippen LogP contribution in [0.5, 0.6) is 0 Å². The number of aromatic nitrogens is 1. The minimum absolute atomic E-state index is 0.0717. The SMILES string of the molecule is CC(C)n1c(=O)ccc2cc(N3CCNCC3)ccc21. The van der Waals surface area contributed by atoms with Crippen molar-refractivity contribution in [2.75, 3.05) is 31.1 Å². The minimum atomic E-state index is 0.0717. The standard InChI is InChI=1S/C16H21N3O/c1-12(2)19-15-5-4-14(18-9-7-17-8-10-18)11-13(15)3-6-16(19)20/h3-6,11-12,17H,7-10H2,1-2H3. The molecule has 1 aromatic carbocycles. The fourth-order valence-corrected chi connectivity index (χ4v) is 2.91. The zero-order valence-electron chi connectivity index (χ0n) is 12.1. The number of fused-ring (bicyclic) bond motifs is 1. The lowest BCUT2D eigenvalue weighted by molar-refractivity contribution is 0.589. The van der Waals surface area contributed by atoms with E-state index in [-0.39, 0.29) is 11.6 Å². The fraction of sp³-hybridized carbons (Fsp3) is 0.438. The smallest absolute Gasteiger partial charge is 0.251 e. The van der Waals surface area contributed by atoms with E-state index in [1.807, 2.05) is 24.5 Å². The Morgan fingerprint density at radius 2 is 1.85 bits per heavy atom. The highest BCUT2D eigenvalue weighted by Crippen LogP contribution is 2.23. The van der Waals surface area contributed by atoms with Gasteiger partial charge in [-0.1, -0.05) is 0 Å². The van der Waals surface area contributed by atoms with Crippen LogP contribution in [0.2, 0.25) is 0 Å². The highest BCUT2D eigenvalue weighted by Gasteiger charge is 2.12. The molecular weight excluding hydrogens is 250 g/mol. The van der Waals surface area contributed by atoms with Crippen molar-refractivity contribution in [3.8, 4) is 0 Å². The van der Waals surface area contributed by atoms with Crippen molar-refractivity contribution in [2.45, 2.75) is 19.9 Å². The van der Waals surface area contributed by atoms with E-state index in [1.54, 1.807) is 6.07 Å². The molecule has 4 heteroatoms. The first-order valence-electron chi connectivity index (χ1n) is 7.28. The molecule has 0 aliphatic carbocycles. The van der Waals surface area contributed by atoms with E-state index in [1.165, 1.54) is 5.69 Å². The van der Waals surface area contributed by atoms with Crippen LogP contribution in [0.4, 0.5) is 5.69 Å². The summed E-state index contributed by atoms with van der Waals surface area (Å²) in [6.07, 6.45) is 0. The average molecular weight is 271 g/mol. The van der Waals surface area contributed by atoms with Crippen LogP contribution in [-0.2, 0) is 0 Å². The van der Waals surface area contributed by atoms with Crippen LogP contribution in [0, 0.1) is 0 Å². The zero-order valence-corrected chi connectivity index (χ0v) is 12.1. The first-order chi connectivity index (χ1) is 9.66. The zero-order chi connectivity index (χ0) is 14.1. The Labute approximate surface area is 119 Å². The van der Waals surface area contributed by atoms with Crippen molar-refractivity contribution in [1.82, 2.24) is 9.88 Å². The largest absolute Gasteiger partial charge is 0.369 e. The van der Waals surface area contributed by atoms with Crippen molar-refractivity contribution < 1.29 is 0 Å². The van der Waals surface area contributed by atoms with E-state index in [4.69, 9.17) is 0 Å². The second-order valence-electron chi connectivity index (χ2n) is 5.62. The lowest BCUT2D eigenvalue weighted by atomic mass is 10.1. The second-order valence-corrected chi connectivity index (χ2v) is 5.62. The van der Waals surface area contributed by atoms with Crippen molar-refractivity contribution in [3.63, 3.8) is 0 Å². The summed E-state index contributed by atoms with van der Waals surface area (Å²) < 4.78 is 1.86. The lowest BCUT2D eigenvalue weighted by Gasteiger charge is -2.29. The summed E-state index contributed by atoms with van der Waals surface area (Å²) in [6.45, 7) is 8.23. The Morgan fingerprint density at radius 1 is 1.10 bits per heavy atom. The molecule has 0 unspecified atom stereocenters. The van der Waals surface area contributed by atoms with Gasteiger partial charge in [-0.25, -0.2) is 0 Å². The maximum absolute atomic E-state index is 12.0. The number of rotatable bonds is 2. The van der Waals surface area contributed by atoms with Crippen LogP contribution in [0.25, 0.3) is 10.9 Å². The normalized spacial score (nSPS) is 16.1. The van der Waals surface area contributed by atoms with E-state index < -0.39 is 0 Å². The van der Waals surface area contributed by atoms with E-state index in [9.17, 15) is 4.79 Å². The maximum Gasteiger partial charge on any atom is 0.251 e. The quantitative estimate of drug-likeness (QED) is 0.907.